The molecule has 0 fully saturated rings. The van der Waals surface area contributed by atoms with Crippen LogP contribution in [0.2, 0.25) is 0 Å². The second-order valence-electron chi connectivity index (χ2n) is 2.43. The van der Waals surface area contributed by atoms with Crippen LogP contribution in [0.3, 0.4) is 0 Å². The van der Waals surface area contributed by atoms with Gasteiger partial charge in [-0.3, -0.25) is 0 Å². The van der Waals surface area contributed by atoms with Crippen LogP contribution in [0, 0.1) is 10.1 Å². The zero-order valence-corrected chi connectivity index (χ0v) is 7.76. The number of carbonyl (C=O) groups is 1. The van der Waals surface area contributed by atoms with Crippen molar-refractivity contribution in [3.63, 3.8) is 0 Å². The number of aromatic nitrogens is 2. The maximum Gasteiger partial charge on any atom is 0.398 e. The third-order valence-corrected chi connectivity index (χ3v) is 1.71. The van der Waals surface area contributed by atoms with Gasteiger partial charge in [0.05, 0.1) is 13.7 Å². The molecule has 0 spiro atoms. The van der Waals surface area contributed by atoms with Crippen molar-refractivity contribution in [1.29, 1.82) is 0 Å². The van der Waals surface area contributed by atoms with E-state index in [9.17, 15) is 14.9 Å². The molecule has 0 saturated carbocycles. The number of nitro groups is 1. The molecular weight excluding hydrogens is 190 g/mol. The number of ether oxygens (including phenoxy) is 1. The van der Waals surface area contributed by atoms with Crippen molar-refractivity contribution in [1.82, 2.24) is 9.55 Å². The Kier molecular flexibility index (Phi) is 2.80. The molecule has 0 atom stereocenters. The van der Waals surface area contributed by atoms with Crippen molar-refractivity contribution >= 4 is 11.8 Å². The van der Waals surface area contributed by atoms with Crippen molar-refractivity contribution in [3.05, 3.63) is 22.1 Å². The summed E-state index contributed by atoms with van der Waals surface area (Å²) in [5, 5.41) is 10.5. The molecule has 0 bridgehead atoms. The van der Waals surface area contributed by atoms with Gasteiger partial charge in [-0.1, -0.05) is 0 Å². The van der Waals surface area contributed by atoms with Crippen LogP contribution in [0.15, 0.2) is 6.20 Å². The molecule has 14 heavy (non-hydrogen) atoms. The molecule has 1 aromatic rings. The number of methoxy groups -OCH3 is 1. The van der Waals surface area contributed by atoms with Crippen LogP contribution in [-0.2, 0) is 11.3 Å². The minimum atomic E-state index is -0.681. The van der Waals surface area contributed by atoms with E-state index in [1.165, 1.54) is 11.7 Å². The van der Waals surface area contributed by atoms with Gasteiger partial charge in [-0.05, 0) is 11.8 Å². The van der Waals surface area contributed by atoms with Gasteiger partial charge in [0, 0.05) is 0 Å². The van der Waals surface area contributed by atoms with E-state index in [2.05, 4.69) is 9.72 Å². The molecule has 0 N–H and O–H groups in total. The summed E-state index contributed by atoms with van der Waals surface area (Å²) < 4.78 is 5.61. The normalized spacial score (nSPS) is 9.86. The average Bonchev–Trinajstić information content (AvgIpc) is 2.59. The van der Waals surface area contributed by atoms with Crippen LogP contribution >= 0.6 is 0 Å². The number of nitrogens with zero attached hydrogens (tertiary/aromatic N) is 3. The van der Waals surface area contributed by atoms with Gasteiger partial charge in [0.1, 0.15) is 6.20 Å². The summed E-state index contributed by atoms with van der Waals surface area (Å²) in [6.07, 6.45) is 1.04. The second-order valence-corrected chi connectivity index (χ2v) is 2.43. The van der Waals surface area contributed by atoms with E-state index in [1.54, 1.807) is 6.92 Å². The highest BCUT2D eigenvalue weighted by atomic mass is 16.6. The summed E-state index contributed by atoms with van der Waals surface area (Å²) in [7, 11) is 1.20. The van der Waals surface area contributed by atoms with Crippen molar-refractivity contribution in [2.75, 3.05) is 7.11 Å². The number of imidazole rings is 1. The van der Waals surface area contributed by atoms with E-state index < -0.39 is 10.9 Å². The summed E-state index contributed by atoms with van der Waals surface area (Å²) in [4.78, 5) is 24.6. The first-order valence-electron chi connectivity index (χ1n) is 3.90. The summed E-state index contributed by atoms with van der Waals surface area (Å²) in [6.45, 7) is 1.97. The van der Waals surface area contributed by atoms with Crippen molar-refractivity contribution in [2.45, 2.75) is 13.5 Å². The van der Waals surface area contributed by atoms with Gasteiger partial charge >= 0.3 is 17.6 Å². The molecule has 0 unspecified atom stereocenters. The summed E-state index contributed by atoms with van der Waals surface area (Å²) in [6, 6.07) is 0. The summed E-state index contributed by atoms with van der Waals surface area (Å²) >= 11 is 0. The number of hydrogen-bond donors (Lipinski definition) is 0. The standard InChI is InChI=1S/C7H9N3O4/c1-3-9-5(10(12)13)4-8-6(9)7(11)14-2/h4H,3H2,1-2H3. The third-order valence-electron chi connectivity index (χ3n) is 1.71. The fraction of sp³-hybridized carbons (Fsp3) is 0.429. The molecule has 0 aliphatic heterocycles. The molecule has 0 aromatic carbocycles. The highest BCUT2D eigenvalue weighted by molar-refractivity contribution is 5.85. The van der Waals surface area contributed by atoms with Gasteiger partial charge in [-0.25, -0.2) is 14.3 Å². The van der Waals surface area contributed by atoms with Gasteiger partial charge in [-0.15, -0.1) is 0 Å². The Morgan fingerprint density at radius 1 is 1.79 bits per heavy atom. The first-order valence-corrected chi connectivity index (χ1v) is 3.90. The van der Waals surface area contributed by atoms with Crippen LogP contribution in [0.25, 0.3) is 0 Å². The Morgan fingerprint density at radius 3 is 2.86 bits per heavy atom. The fourth-order valence-electron chi connectivity index (χ4n) is 1.08. The second kappa shape index (κ2) is 3.86. The number of rotatable bonds is 3. The minimum Gasteiger partial charge on any atom is -0.462 e. The lowest BCUT2D eigenvalue weighted by atomic mass is 10.5. The van der Waals surface area contributed by atoms with Crippen LogP contribution in [0.4, 0.5) is 5.82 Å². The number of carbonyl (C=O) groups excluding carboxylic acids is 1. The molecule has 1 rings (SSSR count). The first-order chi connectivity index (χ1) is 6.61. The molecule has 76 valence electrons. The Balaban J connectivity index is 3.20. The van der Waals surface area contributed by atoms with Gasteiger partial charge in [0.2, 0.25) is 0 Å². The van der Waals surface area contributed by atoms with Crippen molar-refractivity contribution < 1.29 is 14.5 Å². The monoisotopic (exact) mass is 199 g/mol. The summed E-state index contributed by atoms with van der Waals surface area (Å²) in [5.74, 6) is -0.949. The Hall–Kier alpha value is -1.92. The Morgan fingerprint density at radius 2 is 2.43 bits per heavy atom. The molecule has 7 nitrogen and oxygen atoms in total. The van der Waals surface area contributed by atoms with E-state index in [1.807, 2.05) is 0 Å². The van der Waals surface area contributed by atoms with Crippen LogP contribution < -0.4 is 0 Å². The molecule has 0 amide bonds. The van der Waals surface area contributed by atoms with E-state index in [0.717, 1.165) is 6.20 Å². The van der Waals surface area contributed by atoms with Gasteiger partial charge in [-0.2, -0.15) is 0 Å². The largest absolute Gasteiger partial charge is 0.462 e. The van der Waals surface area contributed by atoms with Crippen molar-refractivity contribution in [2.24, 2.45) is 0 Å². The quantitative estimate of drug-likeness (QED) is 0.404. The maximum absolute atomic E-state index is 11.1. The lowest BCUT2D eigenvalue weighted by Crippen LogP contribution is -2.12. The molecule has 1 heterocycles. The SMILES string of the molecule is CCn1c([N+](=O)[O-])cnc1C(=O)OC. The highest BCUT2D eigenvalue weighted by Crippen LogP contribution is 2.14. The molecule has 0 radical (unpaired) electrons. The van der Waals surface area contributed by atoms with E-state index in [-0.39, 0.29) is 11.6 Å². The van der Waals surface area contributed by atoms with E-state index in [4.69, 9.17) is 0 Å². The van der Waals surface area contributed by atoms with Crippen LogP contribution in [0.1, 0.15) is 17.5 Å². The first kappa shape index (κ1) is 10.2. The average molecular weight is 199 g/mol. The van der Waals surface area contributed by atoms with Gasteiger partial charge in [0.15, 0.2) is 0 Å². The Bertz CT molecular complexity index is 371. The summed E-state index contributed by atoms with van der Waals surface area (Å²) in [5.41, 5.74) is 0. The van der Waals surface area contributed by atoms with Crippen LogP contribution in [-0.4, -0.2) is 27.6 Å². The fourth-order valence-corrected chi connectivity index (χ4v) is 1.08. The zero-order chi connectivity index (χ0) is 10.7. The maximum atomic E-state index is 11.1. The smallest absolute Gasteiger partial charge is 0.398 e. The lowest BCUT2D eigenvalue weighted by molar-refractivity contribution is -0.392. The third kappa shape index (κ3) is 1.56. The minimum absolute atomic E-state index is 0.0540. The predicted octanol–water partition coefficient (Wildman–Crippen LogP) is 0.598. The molecule has 0 aliphatic carbocycles. The molecular formula is C7H9N3O4. The Labute approximate surface area is 79.5 Å². The molecule has 0 saturated heterocycles. The van der Waals surface area contributed by atoms with Crippen LogP contribution in [0.5, 0.6) is 0 Å². The molecule has 7 heteroatoms. The van der Waals surface area contributed by atoms with Gasteiger partial charge in [0.25, 0.3) is 0 Å². The van der Waals surface area contributed by atoms with Gasteiger partial charge < -0.3 is 14.9 Å². The predicted molar refractivity (Wildman–Crippen MR) is 45.9 cm³/mol. The van der Waals surface area contributed by atoms with E-state index >= 15 is 0 Å². The number of esters is 1. The van der Waals surface area contributed by atoms with E-state index in [0.29, 0.717) is 6.54 Å². The molecule has 0 aliphatic rings. The molecule has 1 aromatic heterocycles. The highest BCUT2D eigenvalue weighted by Gasteiger charge is 2.24. The lowest BCUT2D eigenvalue weighted by Gasteiger charge is -1.99. The topological polar surface area (TPSA) is 87.3 Å². The zero-order valence-electron chi connectivity index (χ0n) is 7.76. The van der Waals surface area contributed by atoms with Crippen molar-refractivity contribution in [3.8, 4) is 0 Å². The number of hydrogen-bond acceptors (Lipinski definition) is 5.